The maximum atomic E-state index is 14.0. The van der Waals surface area contributed by atoms with Crippen LogP contribution >= 0.6 is 9.24 Å². The second kappa shape index (κ2) is 11.5. The van der Waals surface area contributed by atoms with Gasteiger partial charge in [0.25, 0.3) is 5.66 Å². The van der Waals surface area contributed by atoms with Crippen LogP contribution in [0.5, 0.6) is 0 Å². The van der Waals surface area contributed by atoms with E-state index in [1.54, 1.807) is 34.5 Å². The molecule has 176 valence electrons. The summed E-state index contributed by atoms with van der Waals surface area (Å²) in [6, 6.07) is 4.81. The maximum absolute atomic E-state index is 14.0. The van der Waals surface area contributed by atoms with Crippen LogP contribution in [0, 0.1) is 24.1 Å². The lowest BCUT2D eigenvalue weighted by atomic mass is 9.82. The highest BCUT2D eigenvalue weighted by atomic mass is 31.0. The molecule has 0 aromatic heterocycles. The molecule has 31 heavy (non-hydrogen) atoms. The zero-order chi connectivity index (χ0) is 23.9. The highest BCUT2D eigenvalue weighted by molar-refractivity contribution is 7.18. The Kier molecular flexibility index (Phi) is 10.3. The van der Waals surface area contributed by atoms with E-state index in [1.807, 2.05) is 13.8 Å². The van der Waals surface area contributed by atoms with E-state index in [0.29, 0.717) is 17.8 Å². The molecule has 0 aliphatic carbocycles. The number of para-hydroxylation sites is 1. The predicted octanol–water partition coefficient (Wildman–Crippen LogP) is 8.19. The number of benzene rings is 1. The van der Waals surface area contributed by atoms with E-state index in [9.17, 15) is 13.2 Å². The first-order valence-electron chi connectivity index (χ1n) is 11.1. The van der Waals surface area contributed by atoms with Crippen LogP contribution in [0.3, 0.4) is 0 Å². The lowest BCUT2D eigenvalue weighted by Crippen LogP contribution is -2.46. The molecule has 0 saturated heterocycles. The van der Waals surface area contributed by atoms with Crippen LogP contribution in [-0.2, 0) is 0 Å². The van der Waals surface area contributed by atoms with E-state index >= 15 is 0 Å². The Morgan fingerprint density at radius 2 is 1.84 bits per heavy atom. The number of aryl methyl sites for hydroxylation is 1. The van der Waals surface area contributed by atoms with E-state index in [-0.39, 0.29) is 23.6 Å². The molecule has 0 saturated carbocycles. The third-order valence-corrected chi connectivity index (χ3v) is 6.25. The molecule has 1 aromatic carbocycles. The van der Waals surface area contributed by atoms with Crippen molar-refractivity contribution < 1.29 is 13.2 Å². The van der Waals surface area contributed by atoms with Crippen LogP contribution in [0.2, 0.25) is 0 Å². The summed E-state index contributed by atoms with van der Waals surface area (Å²) in [4.78, 5) is 4.29. The number of halogens is 3. The largest absolute Gasteiger partial charge is 0.383 e. The van der Waals surface area contributed by atoms with Gasteiger partial charge in [0.2, 0.25) is 0 Å². The second-order valence-corrected chi connectivity index (χ2v) is 10.7. The van der Waals surface area contributed by atoms with Gasteiger partial charge >= 0.3 is 0 Å². The molecule has 3 atom stereocenters. The Bertz CT molecular complexity index is 735. The molecule has 0 radical (unpaired) electrons. The Balaban J connectivity index is 2.83. The van der Waals surface area contributed by atoms with Crippen LogP contribution in [-0.4, -0.2) is 17.4 Å². The van der Waals surface area contributed by atoms with Crippen LogP contribution < -0.4 is 5.32 Å². The molecule has 0 fully saturated rings. The molecule has 2 unspecified atom stereocenters. The van der Waals surface area contributed by atoms with Gasteiger partial charge in [-0.2, -0.15) is 0 Å². The van der Waals surface area contributed by atoms with E-state index in [2.05, 4.69) is 37.7 Å². The molecule has 0 aliphatic heterocycles. The van der Waals surface area contributed by atoms with E-state index < -0.39 is 11.2 Å². The second-order valence-electron chi connectivity index (χ2n) is 9.85. The minimum atomic E-state index is -2.87. The number of alkyl halides is 2. The van der Waals surface area contributed by atoms with Crippen LogP contribution in [0.4, 0.5) is 18.9 Å². The van der Waals surface area contributed by atoms with Crippen molar-refractivity contribution in [1.82, 2.24) is 5.32 Å². The van der Waals surface area contributed by atoms with E-state index in [1.165, 1.54) is 6.07 Å². The molecule has 1 rings (SSSR count). The number of hydrogen-bond acceptors (Lipinski definition) is 2. The van der Waals surface area contributed by atoms with Crippen LogP contribution in [0.25, 0.3) is 0 Å². The standard InChI is InChI=1S/C25H40F3N2P/c1-8-23(5,6)14-9-10-15-24(7,17-25(27,28)31)30-20(4)19(3)16-29-22-18(2)12-11-13-21(22)26/h11-13,16,19,30H,4,8-10,14-15,17,31H2,1-3,5-7H3/b29-16-/t19-,24?/m1/s1. The molecular weight excluding hydrogens is 416 g/mol. The third kappa shape index (κ3) is 10.2. The first kappa shape index (κ1) is 27.7. The Hall–Kier alpha value is -1.35. The number of aliphatic imine (C=N–C) groups is 1. The van der Waals surface area contributed by atoms with Crippen molar-refractivity contribution in [2.24, 2.45) is 16.3 Å². The highest BCUT2D eigenvalue weighted by Crippen LogP contribution is 2.36. The molecule has 6 heteroatoms. The minimum Gasteiger partial charge on any atom is -0.383 e. The van der Waals surface area contributed by atoms with Gasteiger partial charge in [-0.15, -0.1) is 0 Å². The summed E-state index contributed by atoms with van der Waals surface area (Å²) in [5.74, 6) is -0.625. The minimum absolute atomic E-state index is 0.240. The summed E-state index contributed by atoms with van der Waals surface area (Å²) in [5.41, 5.74) is -1.76. The smallest absolute Gasteiger partial charge is 0.261 e. The van der Waals surface area contributed by atoms with Gasteiger partial charge in [-0.3, -0.25) is 4.99 Å². The number of nitrogens with zero attached hydrogens (tertiary/aromatic N) is 1. The summed E-state index contributed by atoms with van der Waals surface area (Å²) in [5, 5.41) is 3.25. The summed E-state index contributed by atoms with van der Waals surface area (Å²) in [7, 11) is 1.64. The fourth-order valence-electron chi connectivity index (χ4n) is 3.58. The summed E-state index contributed by atoms with van der Waals surface area (Å²) < 4.78 is 41.8. The molecule has 0 bridgehead atoms. The number of nitrogens with one attached hydrogen (secondary N) is 1. The monoisotopic (exact) mass is 456 g/mol. The molecule has 0 aliphatic rings. The molecule has 0 amide bonds. The predicted molar refractivity (Wildman–Crippen MR) is 131 cm³/mol. The number of hydrogen-bond donors (Lipinski definition) is 1. The zero-order valence-corrected chi connectivity index (χ0v) is 21.1. The van der Waals surface area contributed by atoms with Crippen molar-refractivity contribution in [3.05, 3.63) is 41.9 Å². The fraction of sp³-hybridized carbons (Fsp3) is 0.640. The Morgan fingerprint density at radius 1 is 1.23 bits per heavy atom. The fourth-order valence-corrected chi connectivity index (χ4v) is 4.03. The maximum Gasteiger partial charge on any atom is 0.261 e. The van der Waals surface area contributed by atoms with Gasteiger partial charge in [0, 0.05) is 29.8 Å². The van der Waals surface area contributed by atoms with Crippen molar-refractivity contribution in [1.29, 1.82) is 0 Å². The van der Waals surface area contributed by atoms with Crippen molar-refractivity contribution in [2.45, 2.75) is 91.3 Å². The quantitative estimate of drug-likeness (QED) is 0.181. The Labute approximate surface area is 189 Å². The van der Waals surface area contributed by atoms with Gasteiger partial charge in [-0.05, 0) is 43.7 Å². The first-order valence-corrected chi connectivity index (χ1v) is 11.7. The van der Waals surface area contributed by atoms with Gasteiger partial charge in [0.1, 0.15) is 11.5 Å². The lowest BCUT2D eigenvalue weighted by Gasteiger charge is -2.36. The number of rotatable bonds is 13. The molecule has 0 heterocycles. The summed E-state index contributed by atoms with van der Waals surface area (Å²) in [6.45, 7) is 16.2. The molecule has 0 spiro atoms. The molecule has 1 aromatic rings. The average molecular weight is 457 g/mol. The van der Waals surface area contributed by atoms with Gasteiger partial charge in [-0.1, -0.05) is 74.9 Å². The topological polar surface area (TPSA) is 24.4 Å². The van der Waals surface area contributed by atoms with E-state index in [4.69, 9.17) is 0 Å². The van der Waals surface area contributed by atoms with Gasteiger partial charge in [-0.25, -0.2) is 13.2 Å². The highest BCUT2D eigenvalue weighted by Gasteiger charge is 2.36. The third-order valence-electron chi connectivity index (χ3n) is 6.04. The van der Waals surface area contributed by atoms with Gasteiger partial charge < -0.3 is 5.32 Å². The first-order chi connectivity index (χ1) is 14.2. The van der Waals surface area contributed by atoms with Gasteiger partial charge in [0.05, 0.1) is 0 Å². The molecule has 1 N–H and O–H groups in total. The van der Waals surface area contributed by atoms with Crippen molar-refractivity contribution in [2.75, 3.05) is 0 Å². The van der Waals surface area contributed by atoms with Crippen molar-refractivity contribution >= 4 is 21.1 Å². The summed E-state index contributed by atoms with van der Waals surface area (Å²) >= 11 is 0. The number of allylic oxidation sites excluding steroid dienone is 1. The summed E-state index contributed by atoms with van der Waals surface area (Å²) in [6.07, 6.45) is 5.95. The van der Waals surface area contributed by atoms with Gasteiger partial charge in [0.15, 0.2) is 0 Å². The zero-order valence-electron chi connectivity index (χ0n) is 20.0. The van der Waals surface area contributed by atoms with Crippen molar-refractivity contribution in [3.8, 4) is 0 Å². The molecular formula is C25H40F3N2P. The number of unbranched alkanes of at least 4 members (excludes halogenated alkanes) is 1. The average Bonchev–Trinajstić information content (AvgIpc) is 2.63. The van der Waals surface area contributed by atoms with Crippen LogP contribution in [0.15, 0.2) is 35.5 Å². The van der Waals surface area contributed by atoms with Crippen LogP contribution in [0.1, 0.15) is 78.7 Å². The SMILES string of the molecule is C=C(NC(C)(CCCCC(C)(C)CC)CC(F)(F)P)[C@H](C)/C=N\c1c(C)cccc1F. The van der Waals surface area contributed by atoms with Crippen molar-refractivity contribution in [3.63, 3.8) is 0 Å². The Morgan fingerprint density at radius 3 is 2.39 bits per heavy atom. The normalized spacial score (nSPS) is 15.7. The molecule has 2 nitrogen and oxygen atoms in total. The lowest BCUT2D eigenvalue weighted by molar-refractivity contribution is 0.0580. The van der Waals surface area contributed by atoms with E-state index in [0.717, 1.165) is 31.2 Å².